The van der Waals surface area contributed by atoms with Crippen LogP contribution in [0.5, 0.6) is 0 Å². The highest BCUT2D eigenvalue weighted by molar-refractivity contribution is 7.98. The molecule has 0 saturated carbocycles. The molecule has 33 heavy (non-hydrogen) atoms. The third kappa shape index (κ3) is 7.00. The molecule has 3 rings (SSSR count). The normalized spacial score (nSPS) is 11.5. The highest BCUT2D eigenvalue weighted by atomic mass is 32.2. The predicted octanol–water partition coefficient (Wildman–Crippen LogP) is 3.69. The number of rotatable bonds is 9. The Morgan fingerprint density at radius 1 is 1.06 bits per heavy atom. The molecule has 3 N–H and O–H groups in total. The van der Waals surface area contributed by atoms with Crippen LogP contribution in [0.2, 0.25) is 0 Å². The third-order valence-corrected chi connectivity index (χ3v) is 5.46. The first-order chi connectivity index (χ1) is 16.0. The predicted molar refractivity (Wildman–Crippen MR) is 130 cm³/mol. The number of aromatic nitrogens is 1. The monoisotopic (exact) mass is 463 g/mol. The Morgan fingerprint density at radius 3 is 2.52 bits per heavy atom. The van der Waals surface area contributed by atoms with Crippen LogP contribution in [0.1, 0.15) is 22.3 Å². The lowest BCUT2D eigenvalue weighted by Gasteiger charge is -2.13. The molecule has 1 atom stereocenters. The van der Waals surface area contributed by atoms with Crippen molar-refractivity contribution in [2.24, 2.45) is 5.73 Å². The number of pyridine rings is 1. The van der Waals surface area contributed by atoms with Gasteiger partial charge >= 0.3 is 11.9 Å². The van der Waals surface area contributed by atoms with Gasteiger partial charge in [0.2, 0.25) is 5.91 Å². The van der Waals surface area contributed by atoms with Crippen LogP contribution in [-0.2, 0) is 20.7 Å². The molecule has 2 aromatic carbocycles. The van der Waals surface area contributed by atoms with Crippen LogP contribution in [0, 0.1) is 0 Å². The zero-order valence-electron chi connectivity index (χ0n) is 18.2. The maximum atomic E-state index is 12.8. The highest BCUT2D eigenvalue weighted by Crippen LogP contribution is 2.26. The number of nitrogens with two attached hydrogens (primary N) is 1. The summed E-state index contributed by atoms with van der Waals surface area (Å²) in [5.41, 5.74) is 8.07. The number of anilines is 1. The van der Waals surface area contributed by atoms with E-state index in [1.165, 1.54) is 0 Å². The van der Waals surface area contributed by atoms with E-state index < -0.39 is 18.0 Å². The minimum Gasteiger partial charge on any atom is -0.388 e. The number of ether oxygens (including phenoxy) is 1. The Labute approximate surface area is 196 Å². The fourth-order valence-electron chi connectivity index (χ4n) is 3.13. The summed E-state index contributed by atoms with van der Waals surface area (Å²) in [5.74, 6) is -0.621. The van der Waals surface area contributed by atoms with Gasteiger partial charge in [0.05, 0.1) is 12.0 Å². The van der Waals surface area contributed by atoms with Gasteiger partial charge in [-0.25, -0.2) is 14.6 Å². The maximum Gasteiger partial charge on any atom is 0.346 e. The largest absolute Gasteiger partial charge is 0.388 e. The summed E-state index contributed by atoms with van der Waals surface area (Å²) >= 11 is 1.56. The Morgan fingerprint density at radius 2 is 1.82 bits per heavy atom. The zero-order chi connectivity index (χ0) is 23.6. The number of hydrogen-bond donors (Lipinski definition) is 2. The molecular formula is C25H25N3O4S. The quantitative estimate of drug-likeness (QED) is 0.368. The van der Waals surface area contributed by atoms with Crippen molar-refractivity contribution >= 4 is 35.4 Å². The van der Waals surface area contributed by atoms with Crippen LogP contribution < -0.4 is 11.1 Å². The fraction of sp³-hybridized carbons (Fsp3) is 0.200. The molecule has 3 aromatic rings. The first kappa shape index (κ1) is 24.2. The van der Waals surface area contributed by atoms with Crippen LogP contribution in [-0.4, -0.2) is 40.9 Å². The maximum absolute atomic E-state index is 12.8. The standard InChI is InChI=1S/C25H25N3O4S/c1-33-14-12-21(26)25(31)32-24(30)19-11-10-17(15-20(19)18-7-3-2-4-8-18)16-23(29)28-22-9-5-6-13-27-22/h2-11,13,15,21H,12,14,16,26H2,1H3,(H,27,28,29)/t21-/m0/s1. The molecule has 8 heteroatoms. The number of carbonyl (C=O) groups is 3. The second-order valence-electron chi connectivity index (χ2n) is 7.28. The van der Waals surface area contributed by atoms with Gasteiger partial charge in [0.25, 0.3) is 0 Å². The van der Waals surface area contributed by atoms with Crippen LogP contribution in [0.4, 0.5) is 5.82 Å². The molecule has 0 spiro atoms. The van der Waals surface area contributed by atoms with Crippen molar-refractivity contribution in [1.29, 1.82) is 0 Å². The lowest BCUT2D eigenvalue weighted by molar-refractivity contribution is -0.139. The number of benzene rings is 2. The molecule has 7 nitrogen and oxygen atoms in total. The number of amides is 1. The molecule has 0 fully saturated rings. The minimum atomic E-state index is -0.865. The molecule has 1 aromatic heterocycles. The van der Waals surface area contributed by atoms with E-state index in [-0.39, 0.29) is 17.9 Å². The summed E-state index contributed by atoms with van der Waals surface area (Å²) in [6.07, 6.45) is 4.01. The smallest absolute Gasteiger partial charge is 0.346 e. The second kappa shape index (κ2) is 11.9. The van der Waals surface area contributed by atoms with Crippen molar-refractivity contribution in [3.63, 3.8) is 0 Å². The van der Waals surface area contributed by atoms with Gasteiger partial charge in [0, 0.05) is 6.20 Å². The van der Waals surface area contributed by atoms with E-state index in [0.29, 0.717) is 29.1 Å². The lowest BCUT2D eigenvalue weighted by atomic mass is 9.96. The number of esters is 2. The Balaban J connectivity index is 1.81. The molecule has 1 amide bonds. The van der Waals surface area contributed by atoms with Gasteiger partial charge in [-0.3, -0.25) is 4.79 Å². The molecular weight excluding hydrogens is 438 g/mol. The SMILES string of the molecule is CSCC[C@H](N)C(=O)OC(=O)c1ccc(CC(=O)Nc2ccccn2)cc1-c1ccccc1. The number of hydrogen-bond acceptors (Lipinski definition) is 7. The molecule has 0 aliphatic heterocycles. The van der Waals surface area contributed by atoms with Crippen LogP contribution in [0.25, 0.3) is 11.1 Å². The molecule has 0 unspecified atom stereocenters. The van der Waals surface area contributed by atoms with E-state index >= 15 is 0 Å². The second-order valence-corrected chi connectivity index (χ2v) is 8.27. The van der Waals surface area contributed by atoms with Crippen molar-refractivity contribution in [3.05, 3.63) is 84.1 Å². The summed E-state index contributed by atoms with van der Waals surface area (Å²) < 4.78 is 5.06. The van der Waals surface area contributed by atoms with Gasteiger partial charge in [-0.15, -0.1) is 0 Å². The average Bonchev–Trinajstić information content (AvgIpc) is 2.83. The van der Waals surface area contributed by atoms with Crippen molar-refractivity contribution in [1.82, 2.24) is 4.98 Å². The van der Waals surface area contributed by atoms with Crippen LogP contribution >= 0.6 is 11.8 Å². The van der Waals surface area contributed by atoms with Crippen LogP contribution in [0.3, 0.4) is 0 Å². The first-order valence-electron chi connectivity index (χ1n) is 10.4. The molecule has 0 aliphatic carbocycles. The van der Waals surface area contributed by atoms with E-state index in [1.807, 2.05) is 36.6 Å². The Kier molecular flexibility index (Phi) is 8.74. The molecule has 170 valence electrons. The molecule has 1 heterocycles. The average molecular weight is 464 g/mol. The Bertz CT molecular complexity index is 1110. The summed E-state index contributed by atoms with van der Waals surface area (Å²) in [7, 11) is 0. The lowest BCUT2D eigenvalue weighted by Crippen LogP contribution is -2.34. The molecule has 0 saturated heterocycles. The van der Waals surface area contributed by atoms with Gasteiger partial charge in [0.1, 0.15) is 11.9 Å². The van der Waals surface area contributed by atoms with E-state index in [9.17, 15) is 14.4 Å². The van der Waals surface area contributed by atoms with Crippen molar-refractivity contribution < 1.29 is 19.1 Å². The summed E-state index contributed by atoms with van der Waals surface area (Å²) in [4.78, 5) is 41.6. The van der Waals surface area contributed by atoms with Gasteiger partial charge in [0.15, 0.2) is 0 Å². The van der Waals surface area contributed by atoms with E-state index in [4.69, 9.17) is 10.5 Å². The summed E-state index contributed by atoms with van der Waals surface area (Å²) in [6, 6.07) is 18.6. The number of thioether (sulfide) groups is 1. The Hall–Kier alpha value is -3.49. The zero-order valence-corrected chi connectivity index (χ0v) is 19.0. The fourth-order valence-corrected chi connectivity index (χ4v) is 3.62. The van der Waals surface area contributed by atoms with E-state index in [0.717, 1.165) is 5.56 Å². The van der Waals surface area contributed by atoms with E-state index in [2.05, 4.69) is 10.3 Å². The third-order valence-electron chi connectivity index (χ3n) is 4.81. The number of nitrogens with one attached hydrogen (secondary N) is 1. The van der Waals surface area contributed by atoms with Gasteiger partial charge in [-0.1, -0.05) is 42.5 Å². The number of carbonyl (C=O) groups excluding carboxylic acids is 3. The highest BCUT2D eigenvalue weighted by Gasteiger charge is 2.22. The molecule has 0 aliphatic rings. The van der Waals surface area contributed by atoms with Gasteiger partial charge in [-0.05, 0) is 59.4 Å². The summed E-state index contributed by atoms with van der Waals surface area (Å²) in [6.45, 7) is 0. The first-order valence-corrected chi connectivity index (χ1v) is 11.8. The van der Waals surface area contributed by atoms with Crippen LogP contribution in [0.15, 0.2) is 72.9 Å². The minimum absolute atomic E-state index is 0.0875. The van der Waals surface area contributed by atoms with Gasteiger partial charge < -0.3 is 15.8 Å². The molecule has 0 bridgehead atoms. The summed E-state index contributed by atoms with van der Waals surface area (Å²) in [5, 5.41) is 2.74. The van der Waals surface area contributed by atoms with Crippen molar-refractivity contribution in [2.75, 3.05) is 17.3 Å². The topological polar surface area (TPSA) is 111 Å². The molecule has 0 radical (unpaired) electrons. The van der Waals surface area contributed by atoms with Gasteiger partial charge in [-0.2, -0.15) is 11.8 Å². The van der Waals surface area contributed by atoms with Crippen molar-refractivity contribution in [2.45, 2.75) is 18.9 Å². The van der Waals surface area contributed by atoms with E-state index in [1.54, 1.807) is 54.4 Å². The van der Waals surface area contributed by atoms with Crippen molar-refractivity contribution in [3.8, 4) is 11.1 Å². The number of nitrogens with zero attached hydrogens (tertiary/aromatic N) is 1.